The first kappa shape index (κ1) is 16.2. The average Bonchev–Trinajstić information content (AvgIpc) is 2.50. The highest BCUT2D eigenvalue weighted by molar-refractivity contribution is 6.31. The van der Waals surface area contributed by atoms with Crippen LogP contribution in [0.15, 0.2) is 42.5 Å². The number of carbonyl (C=O) groups excluding carboxylic acids is 1. The number of hydrogen-bond donors (Lipinski definition) is 2. The Hall–Kier alpha value is -2.14. The first-order chi connectivity index (χ1) is 10.6. The molecule has 0 aliphatic carbocycles. The van der Waals surface area contributed by atoms with E-state index in [0.717, 1.165) is 17.7 Å². The van der Waals surface area contributed by atoms with Crippen molar-refractivity contribution >= 4 is 23.2 Å². The largest absolute Gasteiger partial charge is 0.384 e. The van der Waals surface area contributed by atoms with Crippen LogP contribution in [0.25, 0.3) is 0 Å². The summed E-state index contributed by atoms with van der Waals surface area (Å²) in [5.41, 5.74) is 1.27. The highest BCUT2D eigenvalue weighted by Crippen LogP contribution is 2.14. The van der Waals surface area contributed by atoms with E-state index < -0.39 is 11.6 Å². The SMILES string of the molecule is O=C(CCNc1ccc(F)c(F)c1)NCc1ccccc1Cl. The molecule has 0 heterocycles. The van der Waals surface area contributed by atoms with E-state index in [1.807, 2.05) is 18.2 Å². The molecular formula is C16H15ClF2N2O. The third-order valence-electron chi connectivity index (χ3n) is 3.03. The van der Waals surface area contributed by atoms with Gasteiger partial charge >= 0.3 is 0 Å². The molecule has 0 atom stereocenters. The van der Waals surface area contributed by atoms with Gasteiger partial charge in [0, 0.05) is 30.2 Å². The van der Waals surface area contributed by atoms with E-state index in [9.17, 15) is 13.6 Å². The molecule has 0 saturated heterocycles. The Kier molecular flexibility index (Phi) is 5.72. The molecule has 2 aromatic carbocycles. The first-order valence-corrected chi connectivity index (χ1v) is 7.13. The molecule has 3 nitrogen and oxygen atoms in total. The quantitative estimate of drug-likeness (QED) is 0.850. The number of hydrogen-bond acceptors (Lipinski definition) is 2. The van der Waals surface area contributed by atoms with Crippen LogP contribution in [0.4, 0.5) is 14.5 Å². The van der Waals surface area contributed by atoms with E-state index in [1.165, 1.54) is 6.07 Å². The predicted molar refractivity (Wildman–Crippen MR) is 82.8 cm³/mol. The van der Waals surface area contributed by atoms with E-state index in [0.29, 0.717) is 23.8 Å². The normalized spacial score (nSPS) is 10.3. The van der Waals surface area contributed by atoms with Crippen molar-refractivity contribution < 1.29 is 13.6 Å². The van der Waals surface area contributed by atoms with Gasteiger partial charge in [0.15, 0.2) is 11.6 Å². The third-order valence-corrected chi connectivity index (χ3v) is 3.40. The van der Waals surface area contributed by atoms with Gasteiger partial charge < -0.3 is 10.6 Å². The Labute approximate surface area is 132 Å². The number of anilines is 1. The molecule has 0 radical (unpaired) electrons. The zero-order valence-corrected chi connectivity index (χ0v) is 12.5. The van der Waals surface area contributed by atoms with Crippen molar-refractivity contribution in [2.45, 2.75) is 13.0 Å². The van der Waals surface area contributed by atoms with Gasteiger partial charge in [-0.25, -0.2) is 8.78 Å². The van der Waals surface area contributed by atoms with Crippen LogP contribution in [-0.2, 0) is 11.3 Å². The van der Waals surface area contributed by atoms with Gasteiger partial charge in [-0.05, 0) is 29.8 Å². The summed E-state index contributed by atoms with van der Waals surface area (Å²) >= 11 is 5.99. The molecule has 0 aliphatic rings. The molecule has 0 saturated carbocycles. The fourth-order valence-electron chi connectivity index (χ4n) is 1.85. The van der Waals surface area contributed by atoms with Crippen LogP contribution in [0.1, 0.15) is 12.0 Å². The minimum absolute atomic E-state index is 0.157. The summed E-state index contributed by atoms with van der Waals surface area (Å²) in [4.78, 5) is 11.7. The molecule has 0 unspecified atom stereocenters. The molecule has 2 rings (SSSR count). The fourth-order valence-corrected chi connectivity index (χ4v) is 2.05. The zero-order valence-electron chi connectivity index (χ0n) is 11.7. The van der Waals surface area contributed by atoms with E-state index in [4.69, 9.17) is 11.6 Å². The van der Waals surface area contributed by atoms with Gasteiger partial charge in [0.2, 0.25) is 5.91 Å². The topological polar surface area (TPSA) is 41.1 Å². The van der Waals surface area contributed by atoms with Gasteiger partial charge in [0.05, 0.1) is 0 Å². The second kappa shape index (κ2) is 7.75. The maximum absolute atomic E-state index is 13.0. The molecule has 2 aromatic rings. The molecule has 0 fully saturated rings. The fraction of sp³-hybridized carbons (Fsp3) is 0.188. The number of amides is 1. The molecule has 2 N–H and O–H groups in total. The molecule has 6 heteroatoms. The third kappa shape index (κ3) is 4.70. The van der Waals surface area contributed by atoms with Crippen molar-refractivity contribution in [3.8, 4) is 0 Å². The second-order valence-electron chi connectivity index (χ2n) is 4.67. The minimum Gasteiger partial charge on any atom is -0.384 e. The van der Waals surface area contributed by atoms with Crippen molar-refractivity contribution in [2.75, 3.05) is 11.9 Å². The summed E-state index contributed by atoms with van der Waals surface area (Å²) in [5.74, 6) is -1.98. The van der Waals surface area contributed by atoms with E-state index in [1.54, 1.807) is 6.07 Å². The number of halogens is 3. The Morgan fingerprint density at radius 3 is 2.59 bits per heavy atom. The standard InChI is InChI=1S/C16H15ClF2N2O/c17-13-4-2-1-3-11(13)10-21-16(22)7-8-20-12-5-6-14(18)15(19)9-12/h1-6,9,20H,7-8,10H2,(H,21,22). The minimum atomic E-state index is -0.923. The molecular weight excluding hydrogens is 310 g/mol. The van der Waals surface area contributed by atoms with Gasteiger partial charge in [0.1, 0.15) is 0 Å². The lowest BCUT2D eigenvalue weighted by atomic mass is 10.2. The molecule has 116 valence electrons. The zero-order chi connectivity index (χ0) is 15.9. The Bertz CT molecular complexity index is 664. The smallest absolute Gasteiger partial charge is 0.222 e. The van der Waals surface area contributed by atoms with Crippen molar-refractivity contribution in [1.82, 2.24) is 5.32 Å². The maximum Gasteiger partial charge on any atom is 0.222 e. The van der Waals surface area contributed by atoms with Gasteiger partial charge in [-0.1, -0.05) is 29.8 Å². The summed E-state index contributed by atoms with van der Waals surface area (Å²) in [7, 11) is 0. The molecule has 0 aliphatic heterocycles. The highest BCUT2D eigenvalue weighted by atomic mass is 35.5. The van der Waals surface area contributed by atoms with Crippen molar-refractivity contribution in [2.24, 2.45) is 0 Å². The molecule has 0 aromatic heterocycles. The molecule has 1 amide bonds. The van der Waals surface area contributed by atoms with Crippen LogP contribution in [0.5, 0.6) is 0 Å². The number of nitrogens with one attached hydrogen (secondary N) is 2. The second-order valence-corrected chi connectivity index (χ2v) is 5.08. The monoisotopic (exact) mass is 324 g/mol. The van der Waals surface area contributed by atoms with Crippen LogP contribution in [-0.4, -0.2) is 12.5 Å². The Morgan fingerprint density at radius 1 is 1.09 bits per heavy atom. The maximum atomic E-state index is 13.0. The van der Waals surface area contributed by atoms with Crippen molar-refractivity contribution in [3.05, 3.63) is 64.7 Å². The van der Waals surface area contributed by atoms with Crippen molar-refractivity contribution in [1.29, 1.82) is 0 Å². The van der Waals surface area contributed by atoms with Gasteiger partial charge in [-0.2, -0.15) is 0 Å². The summed E-state index contributed by atoms with van der Waals surface area (Å²) in [6, 6.07) is 10.8. The number of benzene rings is 2. The van der Waals surface area contributed by atoms with Crippen LogP contribution < -0.4 is 10.6 Å². The van der Waals surface area contributed by atoms with Gasteiger partial charge in [-0.3, -0.25) is 4.79 Å². The van der Waals surface area contributed by atoms with Crippen molar-refractivity contribution in [3.63, 3.8) is 0 Å². The molecule has 0 bridgehead atoms. The van der Waals surface area contributed by atoms with Crippen LogP contribution in [0.2, 0.25) is 5.02 Å². The Morgan fingerprint density at radius 2 is 1.86 bits per heavy atom. The van der Waals surface area contributed by atoms with E-state index in [2.05, 4.69) is 10.6 Å². The highest BCUT2D eigenvalue weighted by Gasteiger charge is 2.05. The predicted octanol–water partition coefficient (Wildman–Crippen LogP) is 3.74. The molecule has 22 heavy (non-hydrogen) atoms. The lowest BCUT2D eigenvalue weighted by molar-refractivity contribution is -0.121. The summed E-state index contributed by atoms with van der Waals surface area (Å²) in [6.45, 7) is 0.670. The Balaban J connectivity index is 1.74. The molecule has 0 spiro atoms. The summed E-state index contributed by atoms with van der Waals surface area (Å²) in [5, 5.41) is 6.21. The lowest BCUT2D eigenvalue weighted by Crippen LogP contribution is -2.25. The summed E-state index contributed by atoms with van der Waals surface area (Å²) in [6.07, 6.45) is 0.212. The number of carbonyl (C=O) groups is 1. The number of rotatable bonds is 6. The lowest BCUT2D eigenvalue weighted by Gasteiger charge is -2.08. The first-order valence-electron chi connectivity index (χ1n) is 6.75. The van der Waals surface area contributed by atoms with Gasteiger partial charge in [0.25, 0.3) is 0 Å². The van der Waals surface area contributed by atoms with Crippen LogP contribution in [0.3, 0.4) is 0 Å². The van der Waals surface area contributed by atoms with E-state index >= 15 is 0 Å². The van der Waals surface area contributed by atoms with Crippen LogP contribution in [0, 0.1) is 11.6 Å². The van der Waals surface area contributed by atoms with Crippen LogP contribution >= 0.6 is 11.6 Å². The average molecular weight is 325 g/mol. The summed E-state index contributed by atoms with van der Waals surface area (Å²) < 4.78 is 25.8. The van der Waals surface area contributed by atoms with E-state index in [-0.39, 0.29) is 12.3 Å². The van der Waals surface area contributed by atoms with Gasteiger partial charge in [-0.15, -0.1) is 0 Å².